The van der Waals surface area contributed by atoms with Crippen LogP contribution >= 0.6 is 0 Å². The largest absolute Gasteiger partial charge is 0.124 e. The van der Waals surface area contributed by atoms with Gasteiger partial charge in [0, 0.05) is 12.8 Å². The molecule has 36 heavy (non-hydrogen) atoms. The van der Waals surface area contributed by atoms with Gasteiger partial charge in [0.05, 0.1) is 5.92 Å². The van der Waals surface area contributed by atoms with E-state index < -0.39 is 5.41 Å². The predicted molar refractivity (Wildman–Crippen MR) is 164 cm³/mol. The Morgan fingerprint density at radius 2 is 1.19 bits per heavy atom. The van der Waals surface area contributed by atoms with Crippen molar-refractivity contribution >= 4 is 0 Å². The molecule has 2 unspecified atom stereocenters. The molecule has 0 aromatic rings. The van der Waals surface area contributed by atoms with Crippen molar-refractivity contribution in [2.24, 2.45) is 11.3 Å². The van der Waals surface area contributed by atoms with Crippen LogP contribution in [0.25, 0.3) is 0 Å². The van der Waals surface area contributed by atoms with Crippen molar-refractivity contribution in [3.8, 4) is 35.5 Å². The van der Waals surface area contributed by atoms with Crippen LogP contribution in [0, 0.1) is 46.9 Å². The number of unbranched alkanes of at least 4 members (excludes halogenated alkanes) is 13. The summed E-state index contributed by atoms with van der Waals surface area (Å²) in [6.07, 6.45) is 31.6. The lowest BCUT2D eigenvalue weighted by molar-refractivity contribution is 0.441. The molecule has 202 valence electrons. The van der Waals surface area contributed by atoms with Gasteiger partial charge >= 0.3 is 0 Å². The van der Waals surface area contributed by atoms with Crippen molar-refractivity contribution in [3.05, 3.63) is 24.3 Å². The highest BCUT2D eigenvalue weighted by molar-refractivity contribution is 5.40. The molecule has 0 aromatic carbocycles. The van der Waals surface area contributed by atoms with Crippen molar-refractivity contribution in [2.45, 2.75) is 157 Å². The van der Waals surface area contributed by atoms with Gasteiger partial charge in [-0.15, -0.1) is 11.8 Å². The van der Waals surface area contributed by atoms with E-state index in [0.717, 1.165) is 32.1 Å². The molecule has 0 saturated carbocycles. The van der Waals surface area contributed by atoms with Gasteiger partial charge < -0.3 is 0 Å². The van der Waals surface area contributed by atoms with Crippen LogP contribution in [-0.4, -0.2) is 0 Å². The van der Waals surface area contributed by atoms with Crippen LogP contribution in [0.1, 0.15) is 157 Å². The topological polar surface area (TPSA) is 0 Å². The molecule has 0 aliphatic carbocycles. The molecule has 0 fully saturated rings. The normalized spacial score (nSPS) is 13.4. The second-order valence-electron chi connectivity index (χ2n) is 10.2. The average Bonchev–Trinajstić information content (AvgIpc) is 2.89. The van der Waals surface area contributed by atoms with E-state index in [2.05, 4.69) is 94.4 Å². The van der Waals surface area contributed by atoms with E-state index in [1.807, 2.05) is 0 Å². The lowest BCUT2D eigenvalue weighted by Crippen LogP contribution is -2.25. The number of allylic oxidation sites excluding steroid dienone is 4. The van der Waals surface area contributed by atoms with Crippen LogP contribution in [0.5, 0.6) is 0 Å². The Morgan fingerprint density at radius 1 is 0.583 bits per heavy atom. The Kier molecular flexibility index (Phi) is 24.9. The van der Waals surface area contributed by atoms with E-state index in [0.29, 0.717) is 0 Å². The van der Waals surface area contributed by atoms with Gasteiger partial charge in [-0.25, -0.2) is 0 Å². The van der Waals surface area contributed by atoms with Gasteiger partial charge in [0.2, 0.25) is 0 Å². The number of hydrogen-bond acceptors (Lipinski definition) is 0. The highest BCUT2D eigenvalue weighted by atomic mass is 14.3. The molecule has 0 N–H and O–H groups in total. The van der Waals surface area contributed by atoms with E-state index in [1.165, 1.54) is 89.9 Å². The molecule has 0 aromatic heterocycles. The zero-order valence-corrected chi connectivity index (χ0v) is 24.8. The highest BCUT2D eigenvalue weighted by Crippen LogP contribution is 2.33. The molecule has 0 radical (unpaired) electrons. The number of rotatable bonds is 19. The maximum absolute atomic E-state index is 3.70. The highest BCUT2D eigenvalue weighted by Gasteiger charge is 2.32. The van der Waals surface area contributed by atoms with E-state index >= 15 is 0 Å². The van der Waals surface area contributed by atoms with Gasteiger partial charge in [0.15, 0.2) is 0 Å². The van der Waals surface area contributed by atoms with Crippen LogP contribution < -0.4 is 0 Å². The molecule has 0 saturated heterocycles. The molecule has 0 bridgehead atoms. The fourth-order valence-electron chi connectivity index (χ4n) is 4.13. The first kappa shape index (κ1) is 34.2. The minimum atomic E-state index is -0.473. The molecule has 0 aliphatic rings. The van der Waals surface area contributed by atoms with Gasteiger partial charge in [-0.3, -0.25) is 0 Å². The summed E-state index contributed by atoms with van der Waals surface area (Å²) < 4.78 is 0. The summed E-state index contributed by atoms with van der Waals surface area (Å²) >= 11 is 0. The second-order valence-corrected chi connectivity index (χ2v) is 10.2. The fourth-order valence-corrected chi connectivity index (χ4v) is 4.13. The van der Waals surface area contributed by atoms with Gasteiger partial charge in [-0.2, -0.15) is 0 Å². The zero-order chi connectivity index (χ0) is 26.6. The summed E-state index contributed by atoms with van der Waals surface area (Å²) in [6, 6.07) is 0. The lowest BCUT2D eigenvalue weighted by Gasteiger charge is -2.26. The molecule has 0 aliphatic heterocycles. The Hall–Kier alpha value is -1.84. The van der Waals surface area contributed by atoms with Crippen LogP contribution in [0.3, 0.4) is 0 Å². The Balaban J connectivity index is 6.13. The Bertz CT molecular complexity index is 732. The van der Waals surface area contributed by atoms with Gasteiger partial charge in [-0.1, -0.05) is 141 Å². The summed E-state index contributed by atoms with van der Waals surface area (Å²) in [5, 5.41) is 0. The summed E-state index contributed by atoms with van der Waals surface area (Å²) in [6.45, 7) is 11.3. The van der Waals surface area contributed by atoms with Crippen LogP contribution in [0.15, 0.2) is 24.3 Å². The zero-order valence-electron chi connectivity index (χ0n) is 24.8. The van der Waals surface area contributed by atoms with Crippen molar-refractivity contribution in [2.75, 3.05) is 0 Å². The molecule has 0 rings (SSSR count). The molecule has 0 spiro atoms. The van der Waals surface area contributed by atoms with Crippen LogP contribution in [0.2, 0.25) is 0 Å². The third-order valence-corrected chi connectivity index (χ3v) is 6.59. The first-order chi connectivity index (χ1) is 17.7. The third-order valence-electron chi connectivity index (χ3n) is 6.59. The Labute approximate surface area is 227 Å². The molecule has 0 nitrogen and oxygen atoms in total. The maximum atomic E-state index is 3.70. The Morgan fingerprint density at radius 3 is 1.92 bits per heavy atom. The van der Waals surface area contributed by atoms with Crippen molar-refractivity contribution < 1.29 is 0 Å². The van der Waals surface area contributed by atoms with Gasteiger partial charge in [0.25, 0.3) is 0 Å². The molecular formula is C36H58. The van der Waals surface area contributed by atoms with E-state index in [1.54, 1.807) is 0 Å². The summed E-state index contributed by atoms with van der Waals surface area (Å²) in [5.41, 5.74) is -0.473. The van der Waals surface area contributed by atoms with Crippen LogP contribution in [-0.2, 0) is 0 Å². The summed E-state index contributed by atoms with van der Waals surface area (Å²) in [4.78, 5) is 0. The van der Waals surface area contributed by atoms with E-state index in [4.69, 9.17) is 0 Å². The minimum Gasteiger partial charge on any atom is -0.103 e. The average molecular weight is 491 g/mol. The summed E-state index contributed by atoms with van der Waals surface area (Å²) in [7, 11) is 0. The van der Waals surface area contributed by atoms with E-state index in [-0.39, 0.29) is 5.92 Å². The molecule has 0 amide bonds. The van der Waals surface area contributed by atoms with Crippen molar-refractivity contribution in [3.63, 3.8) is 0 Å². The minimum absolute atomic E-state index is 0.167. The SMILES string of the molecule is CCCCC#CC(CCCC)C(C#CC=CCCCCCC)(C#CCCCCC)C=CCCCCC. The maximum Gasteiger partial charge on any atom is 0.124 e. The monoisotopic (exact) mass is 490 g/mol. The molecule has 0 heterocycles. The first-order valence-electron chi connectivity index (χ1n) is 15.5. The quantitative estimate of drug-likeness (QED) is 0.0959. The lowest BCUT2D eigenvalue weighted by atomic mass is 9.73. The fraction of sp³-hybridized carbons (Fsp3) is 0.722. The third kappa shape index (κ3) is 18.4. The van der Waals surface area contributed by atoms with Gasteiger partial charge in [-0.05, 0) is 51.0 Å². The number of hydrogen-bond donors (Lipinski definition) is 0. The molecular weight excluding hydrogens is 432 g/mol. The van der Waals surface area contributed by atoms with Crippen molar-refractivity contribution in [1.82, 2.24) is 0 Å². The van der Waals surface area contributed by atoms with Crippen molar-refractivity contribution in [1.29, 1.82) is 0 Å². The molecule has 0 heteroatoms. The van der Waals surface area contributed by atoms with E-state index in [9.17, 15) is 0 Å². The van der Waals surface area contributed by atoms with Gasteiger partial charge in [0.1, 0.15) is 5.41 Å². The standard InChI is InChI=1S/C36H58/c1-6-11-16-20-21-22-25-29-34-36(32-27-23-17-12-7-2,33-28-24-18-13-8-3)35(30-15-10-5)31-26-19-14-9-4/h22,25,27,32,35H,6-21,23-24,30H2,1-5H3. The smallest absolute Gasteiger partial charge is 0.103 e. The second kappa shape index (κ2) is 26.2. The molecule has 2 atom stereocenters. The first-order valence-corrected chi connectivity index (χ1v) is 15.5. The predicted octanol–water partition coefficient (Wildman–Crippen LogP) is 11.2. The summed E-state index contributed by atoms with van der Waals surface area (Å²) in [5.74, 6) is 21.7. The van der Waals surface area contributed by atoms with Crippen LogP contribution in [0.4, 0.5) is 0 Å².